The second-order valence-corrected chi connectivity index (χ2v) is 5.04. The first-order chi connectivity index (χ1) is 11.3. The molecule has 2 aromatic carbocycles. The molecule has 0 aromatic heterocycles. The van der Waals surface area contributed by atoms with Crippen molar-refractivity contribution < 1.29 is 26.7 Å². The summed E-state index contributed by atoms with van der Waals surface area (Å²) in [6.45, 7) is 1.19. The molecule has 0 fully saturated rings. The molecule has 2 N–H and O–H groups in total. The van der Waals surface area contributed by atoms with Gasteiger partial charge in [-0.3, -0.25) is 4.79 Å². The molecule has 2 aromatic rings. The molecule has 0 bridgehead atoms. The number of carbonyl (C=O) groups is 1. The van der Waals surface area contributed by atoms with Crippen molar-refractivity contribution in [2.75, 3.05) is 11.9 Å². The summed E-state index contributed by atoms with van der Waals surface area (Å²) in [4.78, 5) is 11.7. The number of rotatable bonds is 5. The smallest absolute Gasteiger partial charge is 0.238 e. The normalized spacial score (nSPS) is 12.1. The summed E-state index contributed by atoms with van der Waals surface area (Å²) in [6, 6.07) is 3.95. The van der Waals surface area contributed by atoms with Gasteiger partial charge < -0.3 is 10.6 Å². The summed E-state index contributed by atoms with van der Waals surface area (Å²) in [7, 11) is 0. The third-order valence-corrected chi connectivity index (χ3v) is 3.31. The van der Waals surface area contributed by atoms with E-state index in [1.54, 1.807) is 6.92 Å². The summed E-state index contributed by atoms with van der Waals surface area (Å²) in [6.07, 6.45) is 0. The Morgan fingerprint density at radius 1 is 1.00 bits per heavy atom. The summed E-state index contributed by atoms with van der Waals surface area (Å²) in [5.74, 6) is -6.82. The van der Waals surface area contributed by atoms with Gasteiger partial charge in [0.2, 0.25) is 5.91 Å². The van der Waals surface area contributed by atoms with Crippen molar-refractivity contribution in [2.45, 2.75) is 13.0 Å². The maximum atomic E-state index is 13.6. The molecule has 0 saturated heterocycles. The third-order valence-electron chi connectivity index (χ3n) is 3.31. The fourth-order valence-corrected chi connectivity index (χ4v) is 2.03. The second-order valence-electron chi connectivity index (χ2n) is 5.04. The van der Waals surface area contributed by atoms with Crippen LogP contribution in [-0.2, 0) is 4.79 Å². The largest absolute Gasteiger partial charge is 0.322 e. The molecular formula is C16H13F5N2O. The van der Waals surface area contributed by atoms with Gasteiger partial charge in [0, 0.05) is 17.7 Å². The molecule has 0 aliphatic heterocycles. The lowest BCUT2D eigenvalue weighted by molar-refractivity contribution is -0.115. The van der Waals surface area contributed by atoms with Crippen LogP contribution in [0.4, 0.5) is 27.6 Å². The molecule has 0 aliphatic carbocycles. The molecule has 0 radical (unpaired) electrons. The average Bonchev–Trinajstić information content (AvgIpc) is 2.53. The van der Waals surface area contributed by atoms with Gasteiger partial charge in [-0.2, -0.15) is 0 Å². The number of nitrogens with one attached hydrogen (secondary N) is 2. The Balaban J connectivity index is 1.97. The van der Waals surface area contributed by atoms with E-state index in [0.717, 1.165) is 12.1 Å². The highest BCUT2D eigenvalue weighted by Crippen LogP contribution is 2.20. The van der Waals surface area contributed by atoms with Gasteiger partial charge in [-0.1, -0.05) is 6.07 Å². The van der Waals surface area contributed by atoms with Crippen LogP contribution in [-0.4, -0.2) is 12.5 Å². The first-order valence-corrected chi connectivity index (χ1v) is 6.91. The van der Waals surface area contributed by atoms with Crippen molar-refractivity contribution in [3.8, 4) is 0 Å². The number of carbonyl (C=O) groups excluding carboxylic acids is 1. The zero-order valence-electron chi connectivity index (χ0n) is 12.5. The molecule has 1 amide bonds. The van der Waals surface area contributed by atoms with Crippen LogP contribution in [0.5, 0.6) is 0 Å². The number of hydrogen-bond donors (Lipinski definition) is 2. The first kappa shape index (κ1) is 17.9. The quantitative estimate of drug-likeness (QED) is 0.642. The average molecular weight is 344 g/mol. The number of anilines is 1. The lowest BCUT2D eigenvalue weighted by Gasteiger charge is -2.15. The fourth-order valence-electron chi connectivity index (χ4n) is 2.03. The molecule has 2 rings (SSSR count). The van der Waals surface area contributed by atoms with Gasteiger partial charge in [0.1, 0.15) is 11.6 Å². The number of amides is 1. The monoisotopic (exact) mass is 344 g/mol. The van der Waals surface area contributed by atoms with Crippen molar-refractivity contribution in [1.29, 1.82) is 0 Å². The number of benzene rings is 2. The predicted octanol–water partition coefficient (Wildman–Crippen LogP) is 3.67. The van der Waals surface area contributed by atoms with Crippen LogP contribution in [0.15, 0.2) is 30.3 Å². The Morgan fingerprint density at radius 2 is 1.71 bits per heavy atom. The Hall–Kier alpha value is -2.48. The maximum absolute atomic E-state index is 13.6. The van der Waals surface area contributed by atoms with Crippen LogP contribution >= 0.6 is 0 Å². The Labute approximate surface area is 134 Å². The highest BCUT2D eigenvalue weighted by Gasteiger charge is 2.16. The predicted molar refractivity (Wildman–Crippen MR) is 77.7 cm³/mol. The maximum Gasteiger partial charge on any atom is 0.238 e. The SMILES string of the molecule is C[C@H](NCC(=O)Nc1ccc(F)c(F)c1F)c1ccc(F)cc1F. The summed E-state index contributed by atoms with van der Waals surface area (Å²) in [5.41, 5.74) is -0.371. The van der Waals surface area contributed by atoms with Crippen LogP contribution in [0.2, 0.25) is 0 Å². The molecular weight excluding hydrogens is 331 g/mol. The van der Waals surface area contributed by atoms with Crippen LogP contribution in [0, 0.1) is 29.1 Å². The van der Waals surface area contributed by atoms with E-state index in [1.807, 2.05) is 0 Å². The van der Waals surface area contributed by atoms with Gasteiger partial charge in [-0.05, 0) is 25.1 Å². The van der Waals surface area contributed by atoms with Gasteiger partial charge in [0.05, 0.1) is 12.2 Å². The van der Waals surface area contributed by atoms with Crippen LogP contribution in [0.1, 0.15) is 18.5 Å². The van der Waals surface area contributed by atoms with E-state index in [0.29, 0.717) is 12.1 Å². The van der Waals surface area contributed by atoms with Crippen LogP contribution in [0.25, 0.3) is 0 Å². The standard InChI is InChI=1S/C16H13F5N2O/c1-8(10-3-2-9(17)6-12(10)19)22-7-14(24)23-13-5-4-11(18)15(20)16(13)21/h2-6,8,22H,7H2,1H3,(H,23,24)/t8-/m0/s1. The molecule has 0 aliphatic rings. The number of halogens is 5. The third kappa shape index (κ3) is 4.08. The minimum atomic E-state index is -1.69. The van der Waals surface area contributed by atoms with Crippen molar-refractivity contribution in [2.24, 2.45) is 0 Å². The van der Waals surface area contributed by atoms with E-state index in [2.05, 4.69) is 10.6 Å². The highest BCUT2D eigenvalue weighted by molar-refractivity contribution is 5.92. The molecule has 128 valence electrons. The molecule has 0 spiro atoms. The van der Waals surface area contributed by atoms with Gasteiger partial charge in [0.15, 0.2) is 17.5 Å². The summed E-state index contributed by atoms with van der Waals surface area (Å²) in [5, 5.41) is 4.73. The van der Waals surface area contributed by atoms with Crippen molar-refractivity contribution >= 4 is 11.6 Å². The van der Waals surface area contributed by atoms with Gasteiger partial charge in [-0.15, -0.1) is 0 Å². The van der Waals surface area contributed by atoms with E-state index >= 15 is 0 Å². The number of hydrogen-bond acceptors (Lipinski definition) is 2. The van der Waals surface area contributed by atoms with E-state index in [1.165, 1.54) is 6.07 Å². The van der Waals surface area contributed by atoms with Crippen molar-refractivity contribution in [3.63, 3.8) is 0 Å². The van der Waals surface area contributed by atoms with Gasteiger partial charge in [0.25, 0.3) is 0 Å². The Kier molecular flexibility index (Phi) is 5.50. The molecule has 24 heavy (non-hydrogen) atoms. The minimum absolute atomic E-state index is 0.142. The fraction of sp³-hybridized carbons (Fsp3) is 0.188. The first-order valence-electron chi connectivity index (χ1n) is 6.91. The molecule has 1 atom stereocenters. The Bertz CT molecular complexity index is 766. The van der Waals surface area contributed by atoms with Crippen LogP contribution in [0.3, 0.4) is 0 Å². The zero-order chi connectivity index (χ0) is 17.9. The van der Waals surface area contributed by atoms with Crippen LogP contribution < -0.4 is 10.6 Å². The Morgan fingerprint density at radius 3 is 2.38 bits per heavy atom. The minimum Gasteiger partial charge on any atom is -0.322 e. The molecule has 0 heterocycles. The second kappa shape index (κ2) is 7.39. The summed E-state index contributed by atoms with van der Waals surface area (Å²) < 4.78 is 65.8. The molecule has 3 nitrogen and oxygen atoms in total. The molecule has 0 saturated carbocycles. The van der Waals surface area contributed by atoms with Crippen molar-refractivity contribution in [3.05, 3.63) is 65.0 Å². The summed E-state index contributed by atoms with van der Waals surface area (Å²) >= 11 is 0. The van der Waals surface area contributed by atoms with E-state index in [-0.39, 0.29) is 12.1 Å². The lowest BCUT2D eigenvalue weighted by Crippen LogP contribution is -2.30. The molecule has 0 unspecified atom stereocenters. The van der Waals surface area contributed by atoms with Gasteiger partial charge >= 0.3 is 0 Å². The van der Waals surface area contributed by atoms with Crippen molar-refractivity contribution in [1.82, 2.24) is 5.32 Å². The topological polar surface area (TPSA) is 41.1 Å². The molecule has 8 heteroatoms. The zero-order valence-corrected chi connectivity index (χ0v) is 12.5. The lowest BCUT2D eigenvalue weighted by atomic mass is 10.1. The van der Waals surface area contributed by atoms with E-state index < -0.39 is 46.7 Å². The van der Waals surface area contributed by atoms with Gasteiger partial charge in [-0.25, -0.2) is 22.0 Å². The highest BCUT2D eigenvalue weighted by atomic mass is 19.2. The van der Waals surface area contributed by atoms with E-state index in [4.69, 9.17) is 0 Å². The van der Waals surface area contributed by atoms with E-state index in [9.17, 15) is 26.7 Å².